The summed E-state index contributed by atoms with van der Waals surface area (Å²) in [6, 6.07) is 14.7. The number of hydrogen-bond acceptors (Lipinski definition) is 9. The molecule has 2 bridgehead atoms. The van der Waals surface area contributed by atoms with Crippen LogP contribution in [-0.4, -0.2) is 49.9 Å². The summed E-state index contributed by atoms with van der Waals surface area (Å²) in [7, 11) is 1.66. The van der Waals surface area contributed by atoms with Crippen molar-refractivity contribution in [3.8, 4) is 23.0 Å². The molecule has 7 rings (SSSR count). The monoisotopic (exact) mass is 523 g/mol. The molecule has 0 saturated carbocycles. The zero-order chi connectivity index (χ0) is 26.3. The molecule has 5 aromatic rings. The Bertz CT molecular complexity index is 1660. The van der Waals surface area contributed by atoms with Crippen molar-refractivity contribution in [2.24, 2.45) is 0 Å². The third-order valence-corrected chi connectivity index (χ3v) is 7.56. The maximum atomic E-state index is 6.51. The molecule has 5 heterocycles. The van der Waals surface area contributed by atoms with Gasteiger partial charge in [-0.15, -0.1) is 0 Å². The Labute approximate surface area is 225 Å². The van der Waals surface area contributed by atoms with Crippen LogP contribution in [0.3, 0.4) is 0 Å². The SMILES string of the molecule is COc1cc2ncnc(Nc3ccc(Oc4ccn5ncnc5c4)c(C)c3)c2cc1OC1CC2CCC(C1)N2. The number of benzene rings is 2. The maximum absolute atomic E-state index is 6.51. The fourth-order valence-electron chi connectivity index (χ4n) is 5.66. The van der Waals surface area contributed by atoms with Crippen molar-refractivity contribution in [2.75, 3.05) is 12.4 Å². The number of aromatic nitrogens is 5. The van der Waals surface area contributed by atoms with E-state index in [1.165, 1.54) is 19.2 Å². The summed E-state index contributed by atoms with van der Waals surface area (Å²) in [6.45, 7) is 2.01. The highest BCUT2D eigenvalue weighted by atomic mass is 16.5. The number of aryl methyl sites for hydroxylation is 1. The van der Waals surface area contributed by atoms with Crippen molar-refractivity contribution in [2.45, 2.75) is 50.8 Å². The Morgan fingerprint density at radius 1 is 0.923 bits per heavy atom. The molecule has 0 aliphatic carbocycles. The van der Waals surface area contributed by atoms with E-state index in [1.54, 1.807) is 18.0 Å². The minimum Gasteiger partial charge on any atom is -0.493 e. The Kier molecular flexibility index (Phi) is 5.89. The van der Waals surface area contributed by atoms with Gasteiger partial charge in [0, 0.05) is 41.5 Å². The Morgan fingerprint density at radius 3 is 2.62 bits per heavy atom. The summed E-state index contributed by atoms with van der Waals surface area (Å²) in [4.78, 5) is 13.2. The van der Waals surface area contributed by atoms with Gasteiger partial charge in [0.2, 0.25) is 0 Å². The highest BCUT2D eigenvalue weighted by molar-refractivity contribution is 5.93. The molecule has 2 aromatic carbocycles. The van der Waals surface area contributed by atoms with Crippen molar-refractivity contribution in [1.29, 1.82) is 0 Å². The van der Waals surface area contributed by atoms with Crippen molar-refractivity contribution in [1.82, 2.24) is 29.9 Å². The average Bonchev–Trinajstić information content (AvgIpc) is 3.55. The van der Waals surface area contributed by atoms with Gasteiger partial charge in [0.1, 0.15) is 36.1 Å². The number of fused-ring (bicyclic) bond motifs is 4. The van der Waals surface area contributed by atoms with Crippen LogP contribution >= 0.6 is 0 Å². The number of methoxy groups -OCH3 is 1. The van der Waals surface area contributed by atoms with Gasteiger partial charge in [0.25, 0.3) is 0 Å². The topological polar surface area (TPSA) is 108 Å². The molecule has 3 aromatic heterocycles. The predicted octanol–water partition coefficient (Wildman–Crippen LogP) is 5.19. The molecule has 0 radical (unpaired) electrons. The van der Waals surface area contributed by atoms with Crippen molar-refractivity contribution in [3.63, 3.8) is 0 Å². The Morgan fingerprint density at radius 2 is 1.79 bits per heavy atom. The lowest BCUT2D eigenvalue weighted by molar-refractivity contribution is 0.133. The van der Waals surface area contributed by atoms with Gasteiger partial charge in [-0.2, -0.15) is 5.10 Å². The number of ether oxygens (including phenoxy) is 3. The quantitative estimate of drug-likeness (QED) is 0.298. The van der Waals surface area contributed by atoms with Gasteiger partial charge >= 0.3 is 0 Å². The summed E-state index contributed by atoms with van der Waals surface area (Å²) < 4.78 is 20.0. The number of nitrogens with one attached hydrogen (secondary N) is 2. The van der Waals surface area contributed by atoms with E-state index < -0.39 is 0 Å². The first-order valence-electron chi connectivity index (χ1n) is 13.2. The van der Waals surface area contributed by atoms with Crippen LogP contribution < -0.4 is 24.8 Å². The van der Waals surface area contributed by atoms with E-state index >= 15 is 0 Å². The van der Waals surface area contributed by atoms with Crippen molar-refractivity contribution < 1.29 is 14.2 Å². The van der Waals surface area contributed by atoms with Gasteiger partial charge in [0.15, 0.2) is 17.1 Å². The predicted molar refractivity (Wildman–Crippen MR) is 147 cm³/mol. The van der Waals surface area contributed by atoms with Crippen LogP contribution in [0.4, 0.5) is 11.5 Å². The van der Waals surface area contributed by atoms with Gasteiger partial charge in [-0.05, 0) is 68.5 Å². The molecule has 2 aliphatic rings. The lowest BCUT2D eigenvalue weighted by atomic mass is 10.0. The first kappa shape index (κ1) is 23.7. The summed E-state index contributed by atoms with van der Waals surface area (Å²) in [5.74, 6) is 3.55. The van der Waals surface area contributed by atoms with Crippen LogP contribution in [-0.2, 0) is 0 Å². The summed E-state index contributed by atoms with van der Waals surface area (Å²) in [6.07, 6.45) is 9.53. The van der Waals surface area contributed by atoms with E-state index in [1.807, 2.05) is 55.6 Å². The van der Waals surface area contributed by atoms with Crippen LogP contribution in [0.25, 0.3) is 16.6 Å². The van der Waals surface area contributed by atoms with E-state index in [2.05, 4.69) is 30.7 Å². The molecule has 10 heteroatoms. The number of nitrogens with zero attached hydrogens (tertiary/aromatic N) is 5. The van der Waals surface area contributed by atoms with Crippen LogP contribution in [0.2, 0.25) is 0 Å². The number of hydrogen-bond donors (Lipinski definition) is 2. The molecule has 10 nitrogen and oxygen atoms in total. The standard InChI is InChI=1S/C29H29N7O3/c1-17-9-18(5-6-25(17)38-21-7-8-36-28(12-21)31-16-33-36)35-29-23-13-27(26(37-2)14-24(23)30-15-32-29)39-22-10-19-3-4-20(11-22)34-19/h5-9,12-16,19-20,22,34H,3-4,10-11H2,1-2H3,(H,30,32,35). The largest absolute Gasteiger partial charge is 0.493 e. The molecule has 2 aliphatic heterocycles. The fourth-order valence-corrected chi connectivity index (χ4v) is 5.66. The number of pyridine rings is 1. The Balaban J connectivity index is 1.14. The summed E-state index contributed by atoms with van der Waals surface area (Å²) in [5.41, 5.74) is 3.38. The minimum absolute atomic E-state index is 0.164. The number of piperidine rings is 1. The lowest BCUT2D eigenvalue weighted by Crippen LogP contribution is -2.42. The van der Waals surface area contributed by atoms with Crippen LogP contribution in [0.1, 0.15) is 31.2 Å². The van der Waals surface area contributed by atoms with E-state index in [0.29, 0.717) is 29.4 Å². The van der Waals surface area contributed by atoms with Crippen molar-refractivity contribution >= 4 is 28.1 Å². The van der Waals surface area contributed by atoms with Gasteiger partial charge in [-0.1, -0.05) is 0 Å². The van der Waals surface area contributed by atoms with E-state index in [0.717, 1.165) is 52.1 Å². The first-order chi connectivity index (χ1) is 19.1. The van der Waals surface area contributed by atoms with E-state index in [4.69, 9.17) is 14.2 Å². The normalized spacial score (nSPS) is 20.3. The Hall–Kier alpha value is -4.44. The molecule has 2 saturated heterocycles. The van der Waals surface area contributed by atoms with Gasteiger partial charge < -0.3 is 24.8 Å². The van der Waals surface area contributed by atoms with E-state index in [9.17, 15) is 0 Å². The second-order valence-electron chi connectivity index (χ2n) is 10.2. The minimum atomic E-state index is 0.164. The first-order valence-corrected chi connectivity index (χ1v) is 13.2. The van der Waals surface area contributed by atoms with Crippen LogP contribution in [0.15, 0.2) is 61.3 Å². The molecular weight excluding hydrogens is 494 g/mol. The zero-order valence-corrected chi connectivity index (χ0v) is 21.8. The van der Waals surface area contributed by atoms with E-state index in [-0.39, 0.29) is 6.10 Å². The number of rotatable bonds is 7. The second kappa shape index (κ2) is 9.70. The average molecular weight is 524 g/mol. The summed E-state index contributed by atoms with van der Waals surface area (Å²) in [5, 5.41) is 12.1. The number of anilines is 2. The maximum Gasteiger partial charge on any atom is 0.162 e. The third kappa shape index (κ3) is 4.67. The molecule has 2 N–H and O–H groups in total. The smallest absolute Gasteiger partial charge is 0.162 e. The molecular formula is C29H29N7O3. The second-order valence-corrected chi connectivity index (χ2v) is 10.2. The molecule has 2 atom stereocenters. The molecule has 0 spiro atoms. The van der Waals surface area contributed by atoms with Gasteiger partial charge in [-0.25, -0.2) is 19.5 Å². The van der Waals surface area contributed by atoms with Crippen LogP contribution in [0, 0.1) is 6.92 Å². The molecule has 198 valence electrons. The molecule has 2 fully saturated rings. The van der Waals surface area contributed by atoms with Crippen molar-refractivity contribution in [3.05, 3.63) is 66.9 Å². The highest BCUT2D eigenvalue weighted by Crippen LogP contribution is 2.38. The van der Waals surface area contributed by atoms with Crippen LogP contribution in [0.5, 0.6) is 23.0 Å². The lowest BCUT2D eigenvalue weighted by Gasteiger charge is -2.30. The molecule has 39 heavy (non-hydrogen) atoms. The molecule has 2 unspecified atom stereocenters. The summed E-state index contributed by atoms with van der Waals surface area (Å²) >= 11 is 0. The fraction of sp³-hybridized carbons (Fsp3) is 0.310. The third-order valence-electron chi connectivity index (χ3n) is 7.56. The zero-order valence-electron chi connectivity index (χ0n) is 21.8. The van der Waals surface area contributed by atoms with Gasteiger partial charge in [-0.3, -0.25) is 0 Å². The van der Waals surface area contributed by atoms with Gasteiger partial charge in [0.05, 0.1) is 12.6 Å². The molecule has 0 amide bonds. The highest BCUT2D eigenvalue weighted by Gasteiger charge is 2.35.